The minimum atomic E-state index is 0.0252. The SMILES string of the molecule is O=C(Nc1nc2[nH]nc(-n3cncc3-c3ccc(Cl)cc3Cl)c2s1)C1CC1. The molecule has 1 aromatic carbocycles. The molecule has 1 fully saturated rings. The number of hydrogen-bond donors (Lipinski definition) is 2. The fourth-order valence-electron chi connectivity index (χ4n) is 2.83. The molecule has 0 atom stereocenters. The maximum absolute atomic E-state index is 12.0. The molecule has 1 saturated carbocycles. The van der Waals surface area contributed by atoms with Crippen molar-refractivity contribution in [3.63, 3.8) is 0 Å². The zero-order valence-corrected chi connectivity index (χ0v) is 16.1. The molecule has 0 spiro atoms. The fourth-order valence-corrected chi connectivity index (χ4v) is 4.24. The molecule has 3 aromatic heterocycles. The Bertz CT molecular complexity index is 1180. The number of fused-ring (bicyclic) bond motifs is 1. The molecule has 136 valence electrons. The summed E-state index contributed by atoms with van der Waals surface area (Å²) in [7, 11) is 0. The number of carbonyl (C=O) groups excluding carboxylic acids is 1. The third-order valence-corrected chi connectivity index (χ3v) is 5.86. The molecule has 4 aromatic rings. The number of rotatable bonds is 4. The Morgan fingerprint density at radius 2 is 2.19 bits per heavy atom. The minimum absolute atomic E-state index is 0.0252. The van der Waals surface area contributed by atoms with Crippen molar-refractivity contribution >= 4 is 55.9 Å². The van der Waals surface area contributed by atoms with Crippen molar-refractivity contribution in [3.8, 4) is 17.1 Å². The Balaban J connectivity index is 1.55. The summed E-state index contributed by atoms with van der Waals surface area (Å²) in [6.07, 6.45) is 5.27. The van der Waals surface area contributed by atoms with Gasteiger partial charge in [-0.25, -0.2) is 9.97 Å². The standard InChI is InChI=1S/C17H12Cl2N6OS/c18-9-3-4-10(11(19)5-9)12-6-20-7-25(12)15-13-14(23-24-15)21-17(27-13)22-16(26)8-1-2-8/h3-8H,1-2H2,(H2,21,22,23,24,26). The van der Waals surface area contributed by atoms with Crippen LogP contribution in [0.1, 0.15) is 12.8 Å². The molecule has 0 unspecified atom stereocenters. The number of amides is 1. The molecule has 1 aliphatic carbocycles. The van der Waals surface area contributed by atoms with Crippen LogP contribution in [0.25, 0.3) is 27.4 Å². The zero-order chi connectivity index (χ0) is 18.5. The predicted octanol–water partition coefficient (Wildman–Crippen LogP) is 4.53. The highest BCUT2D eigenvalue weighted by atomic mass is 35.5. The summed E-state index contributed by atoms with van der Waals surface area (Å²) in [5, 5.41) is 11.8. The number of halogens is 2. The van der Waals surface area contributed by atoms with Gasteiger partial charge in [0.1, 0.15) is 11.0 Å². The van der Waals surface area contributed by atoms with Crippen LogP contribution in [-0.4, -0.2) is 30.6 Å². The van der Waals surface area contributed by atoms with Gasteiger partial charge < -0.3 is 5.32 Å². The number of H-pyrrole nitrogens is 1. The van der Waals surface area contributed by atoms with Gasteiger partial charge in [0.2, 0.25) is 5.91 Å². The third kappa shape index (κ3) is 2.99. The molecule has 5 rings (SSSR count). The smallest absolute Gasteiger partial charge is 0.229 e. The van der Waals surface area contributed by atoms with Gasteiger partial charge in [-0.2, -0.15) is 5.10 Å². The van der Waals surface area contributed by atoms with Crippen molar-refractivity contribution in [2.24, 2.45) is 5.92 Å². The number of nitrogens with zero attached hydrogens (tertiary/aromatic N) is 4. The van der Waals surface area contributed by atoms with Crippen molar-refractivity contribution in [1.82, 2.24) is 24.7 Å². The van der Waals surface area contributed by atoms with E-state index in [0.717, 1.165) is 28.8 Å². The Labute approximate surface area is 167 Å². The largest absolute Gasteiger partial charge is 0.302 e. The van der Waals surface area contributed by atoms with Gasteiger partial charge >= 0.3 is 0 Å². The van der Waals surface area contributed by atoms with Gasteiger partial charge in [-0.15, -0.1) is 0 Å². The number of benzene rings is 1. The molecule has 2 N–H and O–H groups in total. The van der Waals surface area contributed by atoms with E-state index in [9.17, 15) is 4.79 Å². The van der Waals surface area contributed by atoms with E-state index in [1.54, 1.807) is 24.7 Å². The lowest BCUT2D eigenvalue weighted by Gasteiger charge is -2.07. The summed E-state index contributed by atoms with van der Waals surface area (Å²) in [5.41, 5.74) is 2.19. The van der Waals surface area contributed by atoms with Crippen LogP contribution in [0.2, 0.25) is 10.0 Å². The molecule has 0 bridgehead atoms. The van der Waals surface area contributed by atoms with Gasteiger partial charge in [0.05, 0.1) is 16.9 Å². The molecule has 0 radical (unpaired) electrons. The summed E-state index contributed by atoms with van der Waals surface area (Å²) in [6, 6.07) is 5.31. The van der Waals surface area contributed by atoms with Crippen LogP contribution in [0, 0.1) is 5.92 Å². The Morgan fingerprint density at radius 1 is 1.33 bits per heavy atom. The van der Waals surface area contributed by atoms with Crippen molar-refractivity contribution in [2.45, 2.75) is 12.8 Å². The number of carbonyl (C=O) groups is 1. The van der Waals surface area contributed by atoms with Crippen LogP contribution in [0.4, 0.5) is 5.13 Å². The van der Waals surface area contributed by atoms with E-state index < -0.39 is 0 Å². The Hall–Kier alpha value is -2.42. The van der Waals surface area contributed by atoms with Crippen LogP contribution in [0.5, 0.6) is 0 Å². The molecule has 3 heterocycles. The zero-order valence-electron chi connectivity index (χ0n) is 13.7. The van der Waals surface area contributed by atoms with Crippen LogP contribution in [0.3, 0.4) is 0 Å². The molecular weight excluding hydrogens is 407 g/mol. The van der Waals surface area contributed by atoms with Gasteiger partial charge in [0.25, 0.3) is 0 Å². The van der Waals surface area contributed by atoms with Crippen molar-refractivity contribution in [3.05, 3.63) is 40.8 Å². The first kappa shape index (κ1) is 16.7. The first-order chi connectivity index (χ1) is 13.1. The molecule has 27 heavy (non-hydrogen) atoms. The highest BCUT2D eigenvalue weighted by Gasteiger charge is 2.30. The second-order valence-electron chi connectivity index (χ2n) is 6.28. The average Bonchev–Trinajstić information content (AvgIpc) is 3.07. The maximum atomic E-state index is 12.0. The summed E-state index contributed by atoms with van der Waals surface area (Å²) >= 11 is 13.7. The number of imidazole rings is 1. The van der Waals surface area contributed by atoms with E-state index in [2.05, 4.69) is 25.5 Å². The normalized spacial score (nSPS) is 14.0. The maximum Gasteiger partial charge on any atom is 0.229 e. The number of anilines is 1. The van der Waals surface area contributed by atoms with E-state index in [0.29, 0.717) is 26.6 Å². The van der Waals surface area contributed by atoms with Gasteiger partial charge in [-0.05, 0) is 31.0 Å². The highest BCUT2D eigenvalue weighted by Crippen LogP contribution is 2.36. The number of aromatic amines is 1. The van der Waals surface area contributed by atoms with Gasteiger partial charge in [-0.1, -0.05) is 34.5 Å². The minimum Gasteiger partial charge on any atom is -0.302 e. The first-order valence-electron chi connectivity index (χ1n) is 8.24. The van der Waals surface area contributed by atoms with Crippen molar-refractivity contribution in [1.29, 1.82) is 0 Å². The molecule has 1 amide bonds. The van der Waals surface area contributed by atoms with Crippen LogP contribution < -0.4 is 5.32 Å². The Morgan fingerprint density at radius 3 is 2.96 bits per heavy atom. The van der Waals surface area contributed by atoms with Crippen LogP contribution >= 0.6 is 34.5 Å². The summed E-state index contributed by atoms with van der Waals surface area (Å²) < 4.78 is 2.66. The van der Waals surface area contributed by atoms with Crippen LogP contribution in [-0.2, 0) is 4.79 Å². The second kappa shape index (κ2) is 6.33. The van der Waals surface area contributed by atoms with Gasteiger partial charge in [0.15, 0.2) is 16.6 Å². The fraction of sp³-hybridized carbons (Fsp3) is 0.176. The second-order valence-corrected chi connectivity index (χ2v) is 8.12. The van der Waals surface area contributed by atoms with E-state index in [1.165, 1.54) is 11.3 Å². The van der Waals surface area contributed by atoms with Gasteiger partial charge in [-0.3, -0.25) is 14.5 Å². The molecule has 7 nitrogen and oxygen atoms in total. The third-order valence-electron chi connectivity index (χ3n) is 4.35. The van der Waals surface area contributed by atoms with E-state index in [-0.39, 0.29) is 11.8 Å². The molecule has 0 saturated heterocycles. The van der Waals surface area contributed by atoms with Crippen molar-refractivity contribution in [2.75, 3.05) is 5.32 Å². The molecule has 10 heteroatoms. The molecular formula is C17H12Cl2N6OS. The molecule has 1 aliphatic rings. The lowest BCUT2D eigenvalue weighted by atomic mass is 10.1. The number of aromatic nitrogens is 5. The van der Waals surface area contributed by atoms with Gasteiger partial charge in [0, 0.05) is 16.5 Å². The number of thiazole rings is 1. The monoisotopic (exact) mass is 418 g/mol. The van der Waals surface area contributed by atoms with Crippen LogP contribution in [0.15, 0.2) is 30.7 Å². The van der Waals surface area contributed by atoms with E-state index in [1.807, 2.05) is 10.6 Å². The number of nitrogens with one attached hydrogen (secondary N) is 2. The topological polar surface area (TPSA) is 88.5 Å². The first-order valence-corrected chi connectivity index (χ1v) is 9.81. The summed E-state index contributed by atoms with van der Waals surface area (Å²) in [6.45, 7) is 0. The van der Waals surface area contributed by atoms with Crippen molar-refractivity contribution < 1.29 is 4.79 Å². The lowest BCUT2D eigenvalue weighted by Crippen LogP contribution is -2.12. The predicted molar refractivity (Wildman–Crippen MR) is 106 cm³/mol. The number of hydrogen-bond acceptors (Lipinski definition) is 5. The quantitative estimate of drug-likeness (QED) is 0.509. The van der Waals surface area contributed by atoms with E-state index in [4.69, 9.17) is 23.2 Å². The lowest BCUT2D eigenvalue weighted by molar-refractivity contribution is -0.117. The summed E-state index contributed by atoms with van der Waals surface area (Å²) in [4.78, 5) is 20.6. The summed E-state index contributed by atoms with van der Waals surface area (Å²) in [5.74, 6) is 0.794. The highest BCUT2D eigenvalue weighted by molar-refractivity contribution is 7.22. The Kier molecular flexibility index (Phi) is 3.92. The average molecular weight is 419 g/mol. The van der Waals surface area contributed by atoms with E-state index >= 15 is 0 Å². The molecule has 0 aliphatic heterocycles.